The summed E-state index contributed by atoms with van der Waals surface area (Å²) in [7, 11) is 0. The van der Waals surface area contributed by atoms with E-state index in [1.165, 1.54) is 23.2 Å². The minimum Gasteiger partial charge on any atom is -0.491 e. The second-order valence-electron chi connectivity index (χ2n) is 8.84. The number of benzene rings is 1. The highest BCUT2D eigenvalue weighted by molar-refractivity contribution is 6.36. The van der Waals surface area contributed by atoms with Crippen molar-refractivity contribution in [3.05, 3.63) is 68.9 Å². The number of hydrogen-bond acceptors (Lipinski definition) is 8. The molecule has 0 amide bonds. The fourth-order valence-corrected chi connectivity index (χ4v) is 4.63. The van der Waals surface area contributed by atoms with E-state index >= 15 is 0 Å². The van der Waals surface area contributed by atoms with Crippen LogP contribution in [0.3, 0.4) is 0 Å². The van der Waals surface area contributed by atoms with Crippen molar-refractivity contribution in [2.24, 2.45) is 5.92 Å². The third-order valence-corrected chi connectivity index (χ3v) is 6.96. The molecule has 8 nitrogen and oxygen atoms in total. The summed E-state index contributed by atoms with van der Waals surface area (Å²) in [5.74, 6) is 0.373. The Labute approximate surface area is 237 Å². The van der Waals surface area contributed by atoms with Gasteiger partial charge in [0.2, 0.25) is 5.82 Å². The molecule has 0 bridgehead atoms. The zero-order chi connectivity index (χ0) is 28.3. The van der Waals surface area contributed by atoms with Crippen LogP contribution in [0.5, 0.6) is 5.75 Å². The quantitative estimate of drug-likeness (QED) is 0.321. The predicted octanol–water partition coefficient (Wildman–Crippen LogP) is 5.51. The van der Waals surface area contributed by atoms with Gasteiger partial charge < -0.3 is 29.7 Å². The Hall–Kier alpha value is -2.54. The van der Waals surface area contributed by atoms with Crippen molar-refractivity contribution in [2.75, 3.05) is 26.4 Å². The van der Waals surface area contributed by atoms with Crippen LogP contribution >= 0.6 is 34.8 Å². The summed E-state index contributed by atoms with van der Waals surface area (Å²) < 4.78 is 51.3. The molecule has 1 unspecified atom stereocenters. The molecule has 3 N–H and O–H groups in total. The number of nitrogens with one attached hydrogen (secondary N) is 1. The smallest absolute Gasteiger partial charge is 0.417 e. The van der Waals surface area contributed by atoms with Gasteiger partial charge in [0.15, 0.2) is 0 Å². The number of ether oxygens (including phenoxy) is 1. The monoisotopic (exact) mass is 606 g/mol. The Kier molecular flexibility index (Phi) is 9.30. The van der Waals surface area contributed by atoms with Crippen LogP contribution in [0.4, 0.5) is 13.2 Å². The highest BCUT2D eigenvalue weighted by atomic mass is 35.5. The molecule has 2 aliphatic heterocycles. The molecule has 2 aliphatic rings. The SMILES string of the molecule is CC1CC=C2C(Cl)=CC(C(F)(F)F)=CN2C=C1c1nc(-c2cc(Cl)c(OCCNC(CO)CO)cc2Cl)no1. The lowest BCUT2D eigenvalue weighted by atomic mass is 9.98. The van der Waals surface area contributed by atoms with Crippen molar-refractivity contribution in [2.45, 2.75) is 25.6 Å². The molecule has 39 heavy (non-hydrogen) atoms. The average Bonchev–Trinajstić information content (AvgIpc) is 3.30. The van der Waals surface area contributed by atoms with Crippen LogP contribution in [-0.4, -0.2) is 63.8 Å². The van der Waals surface area contributed by atoms with E-state index in [1.807, 2.05) is 6.92 Å². The van der Waals surface area contributed by atoms with E-state index in [1.54, 1.807) is 6.08 Å². The van der Waals surface area contributed by atoms with Gasteiger partial charge in [0.25, 0.3) is 5.89 Å². The van der Waals surface area contributed by atoms with Gasteiger partial charge in [-0.25, -0.2) is 0 Å². The Morgan fingerprint density at radius 2 is 1.92 bits per heavy atom. The van der Waals surface area contributed by atoms with Crippen LogP contribution in [0, 0.1) is 5.92 Å². The molecule has 0 aliphatic carbocycles. The lowest BCUT2D eigenvalue weighted by molar-refractivity contribution is -0.0892. The number of aromatic nitrogens is 2. The van der Waals surface area contributed by atoms with E-state index < -0.39 is 17.8 Å². The minimum atomic E-state index is -4.57. The number of aliphatic hydroxyl groups excluding tert-OH is 2. The molecule has 210 valence electrons. The molecule has 1 aromatic carbocycles. The molecular formula is C25H24Cl3F3N4O4. The van der Waals surface area contributed by atoms with Crippen LogP contribution in [0.2, 0.25) is 10.0 Å². The Morgan fingerprint density at radius 3 is 2.62 bits per heavy atom. The minimum absolute atomic E-state index is 0.0260. The second-order valence-corrected chi connectivity index (χ2v) is 10.1. The first-order valence-electron chi connectivity index (χ1n) is 11.8. The summed E-state index contributed by atoms with van der Waals surface area (Å²) in [6, 6.07) is 2.56. The Morgan fingerprint density at radius 1 is 1.18 bits per heavy atom. The van der Waals surface area contributed by atoms with Crippen LogP contribution in [0.15, 0.2) is 57.5 Å². The summed E-state index contributed by atoms with van der Waals surface area (Å²) in [6.07, 6.45) is 1.02. The largest absolute Gasteiger partial charge is 0.491 e. The van der Waals surface area contributed by atoms with Crippen LogP contribution in [0.25, 0.3) is 17.0 Å². The average molecular weight is 608 g/mol. The van der Waals surface area contributed by atoms with Crippen molar-refractivity contribution in [3.63, 3.8) is 0 Å². The molecule has 1 aromatic heterocycles. The molecule has 3 heterocycles. The van der Waals surface area contributed by atoms with Crippen molar-refractivity contribution in [3.8, 4) is 17.1 Å². The first-order chi connectivity index (χ1) is 18.5. The molecule has 0 saturated heterocycles. The highest BCUT2D eigenvalue weighted by Gasteiger charge is 2.36. The van der Waals surface area contributed by atoms with E-state index in [9.17, 15) is 13.2 Å². The van der Waals surface area contributed by atoms with Gasteiger partial charge in [0.05, 0.1) is 45.6 Å². The maximum atomic E-state index is 13.4. The number of rotatable bonds is 9. The number of halogens is 6. The van der Waals surface area contributed by atoms with Crippen LogP contribution in [0.1, 0.15) is 19.2 Å². The molecule has 14 heteroatoms. The van der Waals surface area contributed by atoms with Gasteiger partial charge >= 0.3 is 6.18 Å². The lowest BCUT2D eigenvalue weighted by Crippen LogP contribution is -2.38. The maximum Gasteiger partial charge on any atom is 0.417 e. The highest BCUT2D eigenvalue weighted by Crippen LogP contribution is 2.41. The van der Waals surface area contributed by atoms with Crippen molar-refractivity contribution < 1.29 is 32.6 Å². The van der Waals surface area contributed by atoms with E-state index in [0.717, 1.165) is 12.3 Å². The molecular weight excluding hydrogens is 584 g/mol. The van der Waals surface area contributed by atoms with E-state index in [2.05, 4.69) is 15.5 Å². The fraction of sp³-hybridized carbons (Fsp3) is 0.360. The third-order valence-electron chi connectivity index (χ3n) is 6.05. The number of hydrogen-bond donors (Lipinski definition) is 3. The summed E-state index contributed by atoms with van der Waals surface area (Å²) in [6.45, 7) is 1.99. The summed E-state index contributed by atoms with van der Waals surface area (Å²) in [5.41, 5.74) is 0.423. The van der Waals surface area contributed by atoms with E-state index in [0.29, 0.717) is 35.5 Å². The number of aliphatic hydroxyl groups is 2. The van der Waals surface area contributed by atoms with Crippen molar-refractivity contribution >= 4 is 40.4 Å². The van der Waals surface area contributed by atoms with Gasteiger partial charge in [-0.2, -0.15) is 18.2 Å². The molecule has 1 atom stereocenters. The van der Waals surface area contributed by atoms with Gasteiger partial charge in [-0.05, 0) is 24.5 Å². The third kappa shape index (κ3) is 6.79. The molecule has 2 aromatic rings. The van der Waals surface area contributed by atoms with Gasteiger partial charge in [0, 0.05) is 36.1 Å². The van der Waals surface area contributed by atoms with E-state index in [4.69, 9.17) is 54.3 Å². The first-order valence-corrected chi connectivity index (χ1v) is 12.9. The number of nitrogens with zero attached hydrogens (tertiary/aromatic N) is 3. The summed E-state index contributed by atoms with van der Waals surface area (Å²) >= 11 is 19.0. The number of allylic oxidation sites excluding steroid dienone is 5. The molecule has 0 spiro atoms. The van der Waals surface area contributed by atoms with Gasteiger partial charge in [0.1, 0.15) is 12.4 Å². The van der Waals surface area contributed by atoms with Crippen LogP contribution < -0.4 is 10.1 Å². The maximum absolute atomic E-state index is 13.4. The lowest BCUT2D eigenvalue weighted by Gasteiger charge is -2.25. The molecule has 0 saturated carbocycles. The van der Waals surface area contributed by atoms with Gasteiger partial charge in [-0.3, -0.25) is 0 Å². The zero-order valence-electron chi connectivity index (χ0n) is 20.5. The first kappa shape index (κ1) is 29.4. The molecule has 4 rings (SSSR count). The Bertz CT molecular complexity index is 1340. The zero-order valence-corrected chi connectivity index (χ0v) is 22.7. The number of fused-ring (bicyclic) bond motifs is 1. The van der Waals surface area contributed by atoms with E-state index in [-0.39, 0.29) is 52.5 Å². The number of alkyl halides is 3. The summed E-state index contributed by atoms with van der Waals surface area (Å²) in [4.78, 5) is 5.75. The standard InChI is InChI=1S/C25H24Cl3F3N4O4/c1-13-2-3-21-19(27)6-14(25(29,30)31)9-35(21)10-17(13)24-33-23(34-39-24)16-7-20(28)22(8-18(16)26)38-5-4-32-15(11-36)12-37/h3,6-10,13,15,32,36-37H,2,4-5,11-12H2,1H3. The van der Waals surface area contributed by atoms with Gasteiger partial charge in [-0.15, -0.1) is 0 Å². The van der Waals surface area contributed by atoms with Gasteiger partial charge in [-0.1, -0.05) is 53.0 Å². The topological polar surface area (TPSA) is 104 Å². The fourth-order valence-electron chi connectivity index (χ4n) is 3.89. The molecule has 0 radical (unpaired) electrons. The summed E-state index contributed by atoms with van der Waals surface area (Å²) in [5, 5.41) is 25.6. The van der Waals surface area contributed by atoms with Crippen molar-refractivity contribution in [1.82, 2.24) is 20.4 Å². The normalized spacial score (nSPS) is 17.8. The van der Waals surface area contributed by atoms with Crippen LogP contribution in [-0.2, 0) is 0 Å². The molecule has 0 fully saturated rings. The van der Waals surface area contributed by atoms with Crippen molar-refractivity contribution in [1.29, 1.82) is 0 Å². The second kappa shape index (κ2) is 12.3. The Balaban J connectivity index is 1.55. The predicted molar refractivity (Wildman–Crippen MR) is 141 cm³/mol.